The molecule has 0 amide bonds. The van der Waals surface area contributed by atoms with Crippen molar-refractivity contribution in [3.05, 3.63) is 0 Å². The maximum Gasteiger partial charge on any atom is 0.320 e. The minimum absolute atomic E-state index is 0.783. The third-order valence-electron chi connectivity index (χ3n) is 0.651. The molecule has 0 aromatic heterocycles. The molecule has 0 heterocycles. The summed E-state index contributed by atoms with van der Waals surface area (Å²) in [7, 11) is 0. The lowest BCUT2D eigenvalue weighted by atomic mass is 11.0. The fraction of sp³-hybridized carbons (Fsp3) is 0.800. The fourth-order valence-corrected chi connectivity index (χ4v) is 0.495. The molecule has 9 heavy (non-hydrogen) atoms. The Bertz CT molecular complexity index is 178. The van der Waals surface area contributed by atoms with Gasteiger partial charge < -0.3 is 10.8 Å². The molecule has 0 aromatic carbocycles. The van der Waals surface area contributed by atoms with Crippen molar-refractivity contribution in [3.63, 3.8) is 0 Å². The Labute approximate surface area is 62.8 Å². The third kappa shape index (κ3) is 4.29. The minimum atomic E-state index is -1.92. The SMILES string of the molecule is [2H][13CH]([13C@H]([15NH2])[13C](=O)O)[12C]([2H])([2H])SC. The minimum Gasteiger partial charge on any atom is -0.480 e. The van der Waals surface area contributed by atoms with Crippen LogP contribution in [-0.4, -0.2) is 29.1 Å². The Balaban J connectivity index is 4.37. The van der Waals surface area contributed by atoms with E-state index in [9.17, 15) is 4.79 Å². The molecule has 0 aliphatic rings. The number of aliphatic carboxylic acids is 1. The molecule has 0 saturated heterocycles. The Morgan fingerprint density at radius 1 is 2.11 bits per heavy atom. The largest absolute Gasteiger partial charge is 0.480 e. The number of hydrogen-bond donors (Lipinski definition) is 2. The van der Waals surface area contributed by atoms with E-state index in [1.54, 1.807) is 0 Å². The van der Waals surface area contributed by atoms with Gasteiger partial charge in [0.1, 0.15) is 6.04 Å². The lowest BCUT2D eigenvalue weighted by Gasteiger charge is -2.02. The van der Waals surface area contributed by atoms with E-state index >= 15 is 0 Å². The van der Waals surface area contributed by atoms with Gasteiger partial charge in [-0.3, -0.25) is 4.79 Å². The zero-order chi connectivity index (χ0) is 9.94. The molecule has 0 aliphatic heterocycles. The van der Waals surface area contributed by atoms with Crippen molar-refractivity contribution >= 4 is 17.7 Å². The van der Waals surface area contributed by atoms with Crippen molar-refractivity contribution in [2.45, 2.75) is 12.4 Å². The van der Waals surface area contributed by atoms with Gasteiger partial charge in [-0.15, -0.1) is 0 Å². The molecule has 3 N–H and O–H groups in total. The summed E-state index contributed by atoms with van der Waals surface area (Å²) in [6, 6.07) is -1.48. The summed E-state index contributed by atoms with van der Waals surface area (Å²) in [6.45, 7) is 0. The summed E-state index contributed by atoms with van der Waals surface area (Å²) in [4.78, 5) is 10.3. The first-order valence-corrected chi connectivity index (χ1v) is 3.51. The molecule has 1 unspecified atom stereocenters. The molecule has 2 atom stereocenters. The summed E-state index contributed by atoms with van der Waals surface area (Å²) in [5.41, 5.74) is 3.16. The van der Waals surface area contributed by atoms with Crippen molar-refractivity contribution in [2.24, 2.45) is 5.73 Å². The molecule has 0 fully saturated rings. The van der Waals surface area contributed by atoms with Crippen LogP contribution in [0.1, 0.15) is 10.5 Å². The Morgan fingerprint density at radius 3 is 3.00 bits per heavy atom. The van der Waals surface area contributed by atoms with Gasteiger partial charge in [0.2, 0.25) is 0 Å². The molecule has 0 spiro atoms. The number of nitrogens with two attached hydrogens (primary N) is 1. The molecule has 0 bridgehead atoms. The Hall–Kier alpha value is -0.220. The van der Waals surface area contributed by atoms with Crippen LogP contribution in [0, 0.1) is 0 Å². The van der Waals surface area contributed by atoms with Crippen LogP contribution in [0.3, 0.4) is 0 Å². The summed E-state index contributed by atoms with van der Waals surface area (Å²) in [5, 5.41) is 8.39. The van der Waals surface area contributed by atoms with E-state index in [0.717, 1.165) is 11.8 Å². The van der Waals surface area contributed by atoms with Gasteiger partial charge >= 0.3 is 5.97 Å². The molecule has 0 aliphatic carbocycles. The molecule has 0 radical (unpaired) electrons. The maximum atomic E-state index is 10.3. The number of carbonyl (C=O) groups is 1. The highest BCUT2D eigenvalue weighted by atomic mass is 32.2. The molecular weight excluding hydrogens is 142 g/mol. The second-order valence-electron chi connectivity index (χ2n) is 1.35. The highest BCUT2D eigenvalue weighted by Gasteiger charge is 2.08. The summed E-state index contributed by atoms with van der Waals surface area (Å²) in [6.07, 6.45) is 0.0147. The molecule has 4 heteroatoms. The maximum absolute atomic E-state index is 10.3. The molecule has 0 aromatic rings. The van der Waals surface area contributed by atoms with Crippen molar-refractivity contribution in [1.82, 2.24) is 0 Å². The Morgan fingerprint density at radius 2 is 2.67 bits per heavy atom. The highest BCUT2D eigenvalue weighted by molar-refractivity contribution is 7.98. The topological polar surface area (TPSA) is 63.3 Å². The molecular formula is C5H11NO2S. The average molecular weight is 156 g/mol. The van der Waals surface area contributed by atoms with Crippen LogP contribution in [0.4, 0.5) is 0 Å². The normalized spacial score (nSPS) is 23.1. The summed E-state index contributed by atoms with van der Waals surface area (Å²) >= 11 is 0.783. The smallest absolute Gasteiger partial charge is 0.320 e. The number of carboxylic acids is 1. The van der Waals surface area contributed by atoms with E-state index in [2.05, 4.69) is 0 Å². The zero-order valence-electron chi connectivity index (χ0n) is 8.00. The van der Waals surface area contributed by atoms with Gasteiger partial charge in [-0.2, -0.15) is 11.8 Å². The lowest BCUT2D eigenvalue weighted by Crippen LogP contribution is -2.30. The lowest BCUT2D eigenvalue weighted by molar-refractivity contribution is -0.138. The van der Waals surface area contributed by atoms with Crippen LogP contribution in [-0.2, 0) is 4.79 Å². The van der Waals surface area contributed by atoms with Crippen LogP contribution in [0.2, 0.25) is 0 Å². The van der Waals surface area contributed by atoms with E-state index < -0.39 is 24.1 Å². The summed E-state index contributed by atoms with van der Waals surface area (Å²) < 4.78 is 21.6. The number of carboxylic acid groups (broad SMARTS) is 1. The van der Waals surface area contributed by atoms with Crippen molar-refractivity contribution in [1.29, 1.82) is 0 Å². The quantitative estimate of drug-likeness (QED) is 0.449. The predicted octanol–water partition coefficient (Wildman–Crippen LogP) is 0.151. The van der Waals surface area contributed by atoms with Gasteiger partial charge in [-0.1, -0.05) is 0 Å². The van der Waals surface area contributed by atoms with E-state index in [1.807, 2.05) is 0 Å². The molecule has 0 rings (SSSR count). The van der Waals surface area contributed by atoms with Crippen molar-refractivity contribution < 1.29 is 14.0 Å². The average Bonchev–Trinajstić information content (AvgIpc) is 2.01. The number of rotatable bonds is 4. The van der Waals surface area contributed by atoms with Crippen LogP contribution >= 0.6 is 11.8 Å². The van der Waals surface area contributed by atoms with E-state index in [1.165, 1.54) is 6.26 Å². The van der Waals surface area contributed by atoms with Crippen LogP contribution in [0.15, 0.2) is 0 Å². The summed E-state index contributed by atoms with van der Waals surface area (Å²) in [5.74, 6) is -1.35. The molecule has 3 nitrogen and oxygen atoms in total. The first kappa shape index (κ1) is 4.57. The highest BCUT2D eigenvalue weighted by Crippen LogP contribution is 1.97. The third-order valence-corrected chi connectivity index (χ3v) is 1.02. The van der Waals surface area contributed by atoms with Crippen molar-refractivity contribution in [3.8, 4) is 0 Å². The number of hydrogen-bond acceptors (Lipinski definition) is 3. The standard InChI is InChI=1S/C5H11NO2S/c1-9-3-2-4(6)5(7)8/h4H,2-3,6H2,1H3,(H,7,8)/t4-/m0/s1/i2+1D,3+0D2,4+1,5+1,6+1/t2?,4-. The van der Waals surface area contributed by atoms with Crippen LogP contribution < -0.4 is 5.73 Å². The number of thioether (sulfide) groups is 1. The van der Waals surface area contributed by atoms with E-state index in [4.69, 9.17) is 15.0 Å². The van der Waals surface area contributed by atoms with Gasteiger partial charge in [0.25, 0.3) is 0 Å². The molecule has 0 saturated carbocycles. The zero-order valence-corrected chi connectivity index (χ0v) is 5.81. The molecule has 54 valence electrons. The monoisotopic (exact) mass is 156 g/mol. The van der Waals surface area contributed by atoms with Crippen molar-refractivity contribution in [2.75, 3.05) is 12.0 Å². The second-order valence-corrected chi connectivity index (χ2v) is 2.00. The Kier molecular flexibility index (Phi) is 2.36. The van der Waals surface area contributed by atoms with Gasteiger partial charge in [-0.05, 0) is 18.4 Å². The first-order valence-electron chi connectivity index (χ1n) is 3.86. The van der Waals surface area contributed by atoms with Gasteiger partial charge in [0.15, 0.2) is 0 Å². The first-order chi connectivity index (χ1) is 5.33. The van der Waals surface area contributed by atoms with Gasteiger partial charge in [-0.25, -0.2) is 0 Å². The second kappa shape index (κ2) is 4.64. The van der Waals surface area contributed by atoms with Gasteiger partial charge in [0, 0.05) is 4.11 Å². The predicted molar refractivity (Wildman–Crippen MR) is 38.6 cm³/mol. The van der Waals surface area contributed by atoms with E-state index in [-0.39, 0.29) is 0 Å². The fourth-order valence-electron chi connectivity index (χ4n) is 0.213. The van der Waals surface area contributed by atoms with Crippen LogP contribution in [0.25, 0.3) is 0 Å². The van der Waals surface area contributed by atoms with Gasteiger partial charge in [0.05, 0.1) is 0 Å². The van der Waals surface area contributed by atoms with E-state index in [0.29, 0.717) is 0 Å². The van der Waals surface area contributed by atoms with Crippen LogP contribution in [0.5, 0.6) is 0 Å².